The second-order valence-corrected chi connectivity index (χ2v) is 10.7. The average Bonchev–Trinajstić information content (AvgIpc) is 3.50. The molecule has 206 valence electrons. The highest BCUT2D eigenvalue weighted by Gasteiger charge is 2.09. The van der Waals surface area contributed by atoms with Crippen LogP contribution >= 0.6 is 22.9 Å². The molecule has 5 aromatic carbocycles. The van der Waals surface area contributed by atoms with Gasteiger partial charge in [-0.25, -0.2) is 10.4 Å². The maximum atomic E-state index is 12.7. The Kier molecular flexibility index (Phi) is 8.21. The Balaban J connectivity index is 1.05. The summed E-state index contributed by atoms with van der Waals surface area (Å²) in [5, 5.41) is 13.2. The summed E-state index contributed by atoms with van der Waals surface area (Å²) in [4.78, 5) is 17.4. The minimum atomic E-state index is -0.310. The molecule has 0 aliphatic heterocycles. The lowest BCUT2D eigenvalue weighted by molar-refractivity contribution is 0.0955. The van der Waals surface area contributed by atoms with Gasteiger partial charge in [0.15, 0.2) is 5.13 Å². The van der Waals surface area contributed by atoms with E-state index in [-0.39, 0.29) is 5.91 Å². The zero-order valence-corrected chi connectivity index (χ0v) is 23.9. The van der Waals surface area contributed by atoms with Gasteiger partial charge < -0.3 is 10.1 Å². The smallest absolute Gasteiger partial charge is 0.271 e. The first kappa shape index (κ1) is 27.2. The lowest BCUT2D eigenvalue weighted by Gasteiger charge is -2.10. The van der Waals surface area contributed by atoms with Gasteiger partial charge in [-0.05, 0) is 70.9 Å². The third-order valence-corrected chi connectivity index (χ3v) is 7.55. The van der Waals surface area contributed by atoms with Crippen LogP contribution in [-0.4, -0.2) is 17.1 Å². The van der Waals surface area contributed by atoms with E-state index in [4.69, 9.17) is 16.3 Å². The number of benzene rings is 5. The van der Waals surface area contributed by atoms with Crippen molar-refractivity contribution in [2.75, 3.05) is 5.32 Å². The van der Waals surface area contributed by atoms with Crippen molar-refractivity contribution in [3.8, 4) is 17.0 Å². The number of carbonyl (C=O) groups excluding carboxylic acids is 1. The summed E-state index contributed by atoms with van der Waals surface area (Å²) >= 11 is 7.46. The second-order valence-electron chi connectivity index (χ2n) is 9.45. The van der Waals surface area contributed by atoms with Crippen molar-refractivity contribution in [1.82, 2.24) is 10.4 Å². The Labute approximate surface area is 252 Å². The van der Waals surface area contributed by atoms with Gasteiger partial charge in [-0.15, -0.1) is 11.3 Å². The van der Waals surface area contributed by atoms with Crippen molar-refractivity contribution < 1.29 is 9.53 Å². The summed E-state index contributed by atoms with van der Waals surface area (Å²) in [6.07, 6.45) is 1.59. The standard InChI is InChI=1S/C34H25ClN4O2S/c35-29-15-17-30(18-16-29)37-34-38-31(22-42-34)25-11-13-26(14-12-25)33(40)39-36-20-28-7-3-4-8-32(28)41-21-23-9-10-24-5-1-2-6-27(24)19-23/h1-20,22H,21H2,(H,37,38)(H,39,40)/b36-20-. The van der Waals surface area contributed by atoms with Gasteiger partial charge in [0, 0.05) is 32.8 Å². The molecule has 2 N–H and O–H groups in total. The summed E-state index contributed by atoms with van der Waals surface area (Å²) in [6, 6.07) is 36.8. The molecule has 6 rings (SSSR count). The minimum absolute atomic E-state index is 0.310. The molecule has 0 aliphatic carbocycles. The van der Waals surface area contributed by atoms with Crippen LogP contribution in [-0.2, 0) is 6.61 Å². The van der Waals surface area contributed by atoms with Gasteiger partial charge in [0.25, 0.3) is 5.91 Å². The van der Waals surface area contributed by atoms with Gasteiger partial charge in [-0.3, -0.25) is 4.79 Å². The first-order valence-electron chi connectivity index (χ1n) is 13.2. The van der Waals surface area contributed by atoms with Crippen LogP contribution in [0.2, 0.25) is 5.02 Å². The number of nitrogens with one attached hydrogen (secondary N) is 2. The third-order valence-electron chi connectivity index (χ3n) is 6.54. The summed E-state index contributed by atoms with van der Waals surface area (Å²) < 4.78 is 6.09. The molecule has 1 amide bonds. The monoisotopic (exact) mass is 588 g/mol. The number of amides is 1. The zero-order chi connectivity index (χ0) is 28.7. The molecule has 8 heteroatoms. The Morgan fingerprint density at radius 3 is 2.48 bits per heavy atom. The lowest BCUT2D eigenvalue weighted by atomic mass is 10.1. The number of rotatable bonds is 9. The predicted molar refractivity (Wildman–Crippen MR) is 172 cm³/mol. The Bertz CT molecular complexity index is 1870. The van der Waals surface area contributed by atoms with Crippen molar-refractivity contribution in [3.63, 3.8) is 0 Å². The average molecular weight is 589 g/mol. The molecular formula is C34H25ClN4O2S. The molecule has 6 aromatic rings. The fourth-order valence-electron chi connectivity index (χ4n) is 4.35. The molecule has 0 radical (unpaired) electrons. The quantitative estimate of drug-likeness (QED) is 0.131. The van der Waals surface area contributed by atoms with E-state index in [1.165, 1.54) is 22.1 Å². The Morgan fingerprint density at radius 1 is 0.881 bits per heavy atom. The van der Waals surface area contributed by atoms with E-state index in [9.17, 15) is 4.79 Å². The van der Waals surface area contributed by atoms with E-state index in [0.717, 1.165) is 33.2 Å². The largest absolute Gasteiger partial charge is 0.488 e. The zero-order valence-electron chi connectivity index (χ0n) is 22.3. The van der Waals surface area contributed by atoms with Crippen molar-refractivity contribution in [2.24, 2.45) is 5.10 Å². The summed E-state index contributed by atoms with van der Waals surface area (Å²) in [5.41, 5.74) is 7.58. The molecule has 0 atom stereocenters. The van der Waals surface area contributed by atoms with E-state index in [0.29, 0.717) is 22.9 Å². The molecule has 42 heavy (non-hydrogen) atoms. The maximum Gasteiger partial charge on any atom is 0.271 e. The second kappa shape index (κ2) is 12.7. The molecule has 0 spiro atoms. The fourth-order valence-corrected chi connectivity index (χ4v) is 5.21. The van der Waals surface area contributed by atoms with Crippen LogP contribution < -0.4 is 15.5 Å². The molecule has 0 fully saturated rings. The molecule has 1 heterocycles. The van der Waals surface area contributed by atoms with Gasteiger partial charge in [0.2, 0.25) is 0 Å². The summed E-state index contributed by atoms with van der Waals surface area (Å²) in [5.74, 6) is 0.372. The van der Waals surface area contributed by atoms with Crippen molar-refractivity contribution >= 4 is 56.7 Å². The SMILES string of the molecule is O=C(N/N=C\c1ccccc1OCc1ccc2ccccc2c1)c1ccc(-c2csc(Nc3ccc(Cl)cc3)n2)cc1. The van der Waals surface area contributed by atoms with Crippen molar-refractivity contribution in [3.05, 3.63) is 142 Å². The molecule has 0 unspecified atom stereocenters. The summed E-state index contributed by atoms with van der Waals surface area (Å²) in [7, 11) is 0. The number of hydrogen-bond donors (Lipinski definition) is 2. The van der Waals surface area contributed by atoms with Gasteiger partial charge in [-0.2, -0.15) is 5.10 Å². The molecule has 0 saturated carbocycles. The highest BCUT2D eigenvalue weighted by Crippen LogP contribution is 2.28. The van der Waals surface area contributed by atoms with E-state index in [1.807, 2.05) is 78.2 Å². The number of ether oxygens (including phenoxy) is 1. The van der Waals surface area contributed by atoms with E-state index < -0.39 is 0 Å². The van der Waals surface area contributed by atoms with Crippen LogP contribution in [0.25, 0.3) is 22.0 Å². The van der Waals surface area contributed by atoms with Crippen LogP contribution in [0.3, 0.4) is 0 Å². The number of para-hydroxylation sites is 1. The third kappa shape index (κ3) is 6.66. The minimum Gasteiger partial charge on any atom is -0.488 e. The van der Waals surface area contributed by atoms with Crippen LogP contribution in [0.1, 0.15) is 21.5 Å². The van der Waals surface area contributed by atoms with Crippen LogP contribution in [0.4, 0.5) is 10.8 Å². The van der Waals surface area contributed by atoms with Crippen LogP contribution in [0, 0.1) is 0 Å². The number of hydrazone groups is 1. The van der Waals surface area contributed by atoms with Crippen molar-refractivity contribution in [1.29, 1.82) is 0 Å². The van der Waals surface area contributed by atoms with Crippen LogP contribution in [0.5, 0.6) is 5.75 Å². The number of aromatic nitrogens is 1. The number of hydrogen-bond acceptors (Lipinski definition) is 6. The first-order valence-corrected chi connectivity index (χ1v) is 14.5. The molecule has 0 saturated heterocycles. The number of anilines is 2. The lowest BCUT2D eigenvalue weighted by Crippen LogP contribution is -2.17. The van der Waals surface area contributed by atoms with E-state index in [1.54, 1.807) is 18.3 Å². The van der Waals surface area contributed by atoms with Crippen molar-refractivity contribution in [2.45, 2.75) is 6.61 Å². The number of nitrogens with zero attached hydrogens (tertiary/aromatic N) is 2. The topological polar surface area (TPSA) is 75.6 Å². The van der Waals surface area contributed by atoms with Gasteiger partial charge in [-0.1, -0.05) is 72.3 Å². The molecule has 0 aliphatic rings. The van der Waals surface area contributed by atoms with Crippen LogP contribution in [0.15, 0.2) is 126 Å². The van der Waals surface area contributed by atoms with E-state index in [2.05, 4.69) is 51.2 Å². The molecule has 1 aromatic heterocycles. The molecule has 0 bridgehead atoms. The first-order chi connectivity index (χ1) is 20.6. The fraction of sp³-hybridized carbons (Fsp3) is 0.0294. The number of carbonyl (C=O) groups is 1. The number of thiazole rings is 1. The Hall–Kier alpha value is -4.98. The van der Waals surface area contributed by atoms with E-state index >= 15 is 0 Å². The number of fused-ring (bicyclic) bond motifs is 1. The highest BCUT2D eigenvalue weighted by atomic mass is 35.5. The van der Waals surface area contributed by atoms with Gasteiger partial charge in [0.05, 0.1) is 11.9 Å². The summed E-state index contributed by atoms with van der Waals surface area (Å²) in [6.45, 7) is 0.423. The van der Waals surface area contributed by atoms with Gasteiger partial charge in [0.1, 0.15) is 12.4 Å². The predicted octanol–water partition coefficient (Wildman–Crippen LogP) is 8.70. The normalized spacial score (nSPS) is 11.1. The molecule has 6 nitrogen and oxygen atoms in total. The van der Waals surface area contributed by atoms with Gasteiger partial charge >= 0.3 is 0 Å². The molecular weight excluding hydrogens is 564 g/mol. The number of halogens is 1. The highest BCUT2D eigenvalue weighted by molar-refractivity contribution is 7.14. The maximum absolute atomic E-state index is 12.7. The Morgan fingerprint density at radius 2 is 1.64 bits per heavy atom.